The van der Waals surface area contributed by atoms with E-state index in [2.05, 4.69) is 10.3 Å². The molecule has 1 aliphatic carbocycles. The molecular weight excluding hydrogens is 276 g/mol. The van der Waals surface area contributed by atoms with E-state index in [9.17, 15) is 5.11 Å². The largest absolute Gasteiger partial charge is 0.441 e. The third-order valence-corrected chi connectivity index (χ3v) is 4.64. The third kappa shape index (κ3) is 2.81. The second kappa shape index (κ2) is 6.63. The van der Waals surface area contributed by atoms with Gasteiger partial charge < -0.3 is 14.8 Å². The van der Waals surface area contributed by atoms with Crippen LogP contribution >= 0.6 is 0 Å². The molecule has 1 heterocycles. The molecule has 4 nitrogen and oxygen atoms in total. The van der Waals surface area contributed by atoms with Crippen LogP contribution in [0.25, 0.3) is 0 Å². The molecule has 1 fully saturated rings. The zero-order valence-electron chi connectivity index (χ0n) is 13.1. The van der Waals surface area contributed by atoms with Crippen molar-refractivity contribution in [2.45, 2.75) is 44.2 Å². The fourth-order valence-electron chi connectivity index (χ4n) is 3.49. The molecule has 0 aliphatic heterocycles. The second-order valence-electron chi connectivity index (χ2n) is 6.13. The van der Waals surface area contributed by atoms with Crippen LogP contribution in [-0.2, 0) is 12.1 Å². The van der Waals surface area contributed by atoms with Gasteiger partial charge in [0, 0.05) is 5.92 Å². The normalized spacial score (nSPS) is 19.0. The molecule has 1 saturated carbocycles. The lowest BCUT2D eigenvalue weighted by Crippen LogP contribution is -2.38. The first-order chi connectivity index (χ1) is 10.7. The fraction of sp³-hybridized carbons (Fsp3) is 0.500. The number of hydrogen-bond donors (Lipinski definition) is 2. The molecular formula is C18H24N2O2. The minimum Gasteiger partial charge on any atom is -0.441 e. The van der Waals surface area contributed by atoms with Crippen molar-refractivity contribution in [1.29, 1.82) is 0 Å². The summed E-state index contributed by atoms with van der Waals surface area (Å²) in [5.41, 5.74) is -0.257. The van der Waals surface area contributed by atoms with Crippen LogP contribution in [0, 0.1) is 5.92 Å². The standard InChI is InChI=1S/C18H24N2O2/c1-19-12-16-13-20-17(22-16)18(21,14-8-4-2-5-9-14)15-10-6-3-7-11-15/h2,4-5,8-9,13,15,19,21H,3,6-7,10-12H2,1H3. The van der Waals surface area contributed by atoms with E-state index in [1.54, 1.807) is 6.20 Å². The third-order valence-electron chi connectivity index (χ3n) is 4.64. The number of aromatic nitrogens is 1. The van der Waals surface area contributed by atoms with E-state index in [0.717, 1.165) is 37.0 Å². The molecule has 1 aliphatic rings. The van der Waals surface area contributed by atoms with Gasteiger partial charge >= 0.3 is 0 Å². The molecule has 1 aromatic carbocycles. The Morgan fingerprint density at radius 1 is 1.23 bits per heavy atom. The highest BCUT2D eigenvalue weighted by Crippen LogP contribution is 2.43. The monoisotopic (exact) mass is 300 g/mol. The molecule has 2 N–H and O–H groups in total. The minimum absolute atomic E-state index is 0.157. The zero-order chi connectivity index (χ0) is 15.4. The van der Waals surface area contributed by atoms with E-state index < -0.39 is 5.60 Å². The molecule has 22 heavy (non-hydrogen) atoms. The van der Waals surface area contributed by atoms with Gasteiger partial charge in [0.15, 0.2) is 5.60 Å². The Morgan fingerprint density at radius 2 is 1.95 bits per heavy atom. The summed E-state index contributed by atoms with van der Waals surface area (Å²) in [6, 6.07) is 9.82. The lowest BCUT2D eigenvalue weighted by Gasteiger charge is -2.36. The minimum atomic E-state index is -1.13. The predicted octanol–water partition coefficient (Wildman–Crippen LogP) is 3.21. The van der Waals surface area contributed by atoms with Crippen molar-refractivity contribution in [2.75, 3.05) is 7.05 Å². The Kier molecular flexibility index (Phi) is 4.60. The predicted molar refractivity (Wildman–Crippen MR) is 85.3 cm³/mol. The molecule has 0 bridgehead atoms. The number of nitrogens with zero attached hydrogens (tertiary/aromatic N) is 1. The SMILES string of the molecule is CNCc1cnc(C(O)(c2ccccc2)C2CCCCC2)o1. The molecule has 4 heteroatoms. The molecule has 1 unspecified atom stereocenters. The van der Waals surface area contributed by atoms with E-state index in [-0.39, 0.29) is 5.92 Å². The molecule has 0 spiro atoms. The summed E-state index contributed by atoms with van der Waals surface area (Å²) in [5.74, 6) is 1.34. The Hall–Kier alpha value is -1.65. The summed E-state index contributed by atoms with van der Waals surface area (Å²) < 4.78 is 5.87. The second-order valence-corrected chi connectivity index (χ2v) is 6.13. The van der Waals surface area contributed by atoms with E-state index in [4.69, 9.17) is 4.42 Å². The lowest BCUT2D eigenvalue weighted by atomic mass is 9.73. The highest BCUT2D eigenvalue weighted by atomic mass is 16.4. The van der Waals surface area contributed by atoms with E-state index in [1.807, 2.05) is 37.4 Å². The number of hydrogen-bond acceptors (Lipinski definition) is 4. The topological polar surface area (TPSA) is 58.3 Å². The maximum absolute atomic E-state index is 11.6. The van der Waals surface area contributed by atoms with Crippen LogP contribution in [0.2, 0.25) is 0 Å². The summed E-state index contributed by atoms with van der Waals surface area (Å²) in [6.45, 7) is 0.614. The first kappa shape index (κ1) is 15.3. The van der Waals surface area contributed by atoms with Gasteiger partial charge in [-0.25, -0.2) is 4.98 Å². The highest BCUT2D eigenvalue weighted by molar-refractivity contribution is 5.30. The van der Waals surface area contributed by atoms with Crippen LogP contribution in [0.4, 0.5) is 0 Å². The first-order valence-electron chi connectivity index (χ1n) is 8.13. The summed E-state index contributed by atoms with van der Waals surface area (Å²) in [4.78, 5) is 4.40. The van der Waals surface area contributed by atoms with Crippen molar-refractivity contribution in [2.24, 2.45) is 5.92 Å². The first-order valence-corrected chi connectivity index (χ1v) is 8.13. The molecule has 0 radical (unpaired) electrons. The molecule has 118 valence electrons. The van der Waals surface area contributed by atoms with E-state index in [0.29, 0.717) is 12.4 Å². The van der Waals surface area contributed by atoms with Crippen molar-refractivity contribution in [3.63, 3.8) is 0 Å². The van der Waals surface area contributed by atoms with Crippen LogP contribution < -0.4 is 5.32 Å². The molecule has 0 saturated heterocycles. The Bertz CT molecular complexity index is 590. The van der Waals surface area contributed by atoms with E-state index >= 15 is 0 Å². The fourth-order valence-corrected chi connectivity index (χ4v) is 3.49. The number of rotatable bonds is 5. The van der Waals surface area contributed by atoms with E-state index in [1.165, 1.54) is 6.42 Å². The van der Waals surface area contributed by atoms with Crippen LogP contribution in [0.3, 0.4) is 0 Å². The van der Waals surface area contributed by atoms with Gasteiger partial charge in [0.1, 0.15) is 5.76 Å². The zero-order valence-corrected chi connectivity index (χ0v) is 13.1. The van der Waals surface area contributed by atoms with Gasteiger partial charge in [-0.1, -0.05) is 49.6 Å². The van der Waals surface area contributed by atoms with Crippen LogP contribution in [0.1, 0.15) is 49.3 Å². The van der Waals surface area contributed by atoms with Gasteiger partial charge in [0.2, 0.25) is 5.89 Å². The molecule has 1 aromatic heterocycles. The number of benzene rings is 1. The Labute approximate surface area is 131 Å². The summed E-state index contributed by atoms with van der Waals surface area (Å²) >= 11 is 0. The van der Waals surface area contributed by atoms with Crippen LogP contribution in [0.15, 0.2) is 40.9 Å². The Morgan fingerprint density at radius 3 is 2.64 bits per heavy atom. The van der Waals surface area contributed by atoms with Gasteiger partial charge in [-0.05, 0) is 25.5 Å². The van der Waals surface area contributed by atoms with Crippen molar-refractivity contribution in [3.8, 4) is 0 Å². The van der Waals surface area contributed by atoms with Gasteiger partial charge in [-0.15, -0.1) is 0 Å². The van der Waals surface area contributed by atoms with Crippen LogP contribution in [-0.4, -0.2) is 17.1 Å². The molecule has 2 aromatic rings. The lowest BCUT2D eigenvalue weighted by molar-refractivity contribution is -0.0239. The van der Waals surface area contributed by atoms with Crippen molar-refractivity contribution in [1.82, 2.24) is 10.3 Å². The van der Waals surface area contributed by atoms with Crippen LogP contribution in [0.5, 0.6) is 0 Å². The van der Waals surface area contributed by atoms with Gasteiger partial charge in [-0.2, -0.15) is 0 Å². The van der Waals surface area contributed by atoms with Gasteiger partial charge in [-0.3, -0.25) is 0 Å². The Balaban J connectivity index is 2.01. The summed E-state index contributed by atoms with van der Waals surface area (Å²) in [6.07, 6.45) is 7.29. The van der Waals surface area contributed by atoms with Gasteiger partial charge in [0.25, 0.3) is 0 Å². The summed E-state index contributed by atoms with van der Waals surface area (Å²) in [5, 5.41) is 14.6. The average Bonchev–Trinajstić information content (AvgIpc) is 3.05. The molecule has 0 amide bonds. The molecule has 1 atom stereocenters. The number of aliphatic hydroxyl groups is 1. The van der Waals surface area contributed by atoms with Crippen molar-refractivity contribution >= 4 is 0 Å². The quantitative estimate of drug-likeness (QED) is 0.890. The maximum atomic E-state index is 11.6. The average molecular weight is 300 g/mol. The highest BCUT2D eigenvalue weighted by Gasteiger charge is 2.44. The number of oxazole rings is 1. The smallest absolute Gasteiger partial charge is 0.231 e. The van der Waals surface area contributed by atoms with Crippen molar-refractivity contribution in [3.05, 3.63) is 53.7 Å². The number of nitrogens with one attached hydrogen (secondary N) is 1. The van der Waals surface area contributed by atoms with Gasteiger partial charge in [0.05, 0.1) is 12.7 Å². The van der Waals surface area contributed by atoms with Crippen molar-refractivity contribution < 1.29 is 9.52 Å². The summed E-state index contributed by atoms with van der Waals surface area (Å²) in [7, 11) is 1.87. The molecule has 3 rings (SSSR count). The maximum Gasteiger partial charge on any atom is 0.231 e.